The molecule has 2 nitrogen and oxygen atoms in total. The molecule has 0 aliphatic heterocycles. The molecule has 1 saturated carbocycles. The fourth-order valence-corrected chi connectivity index (χ4v) is 3.10. The van der Waals surface area contributed by atoms with Gasteiger partial charge in [-0.05, 0) is 29.7 Å². The quantitative estimate of drug-likeness (QED) is 0.668. The van der Waals surface area contributed by atoms with Gasteiger partial charge in [0.25, 0.3) is 0 Å². The molecule has 16 heavy (non-hydrogen) atoms. The minimum atomic E-state index is -0.284. The SMILES string of the molecule is C[C@@H]1CC=C2[C@H](C=C1CO)[C@H](O)CC2(C)C. The van der Waals surface area contributed by atoms with Crippen LogP contribution in [0.4, 0.5) is 0 Å². The van der Waals surface area contributed by atoms with E-state index in [1.54, 1.807) is 0 Å². The van der Waals surface area contributed by atoms with Gasteiger partial charge in [0.15, 0.2) is 0 Å². The molecule has 2 heteroatoms. The summed E-state index contributed by atoms with van der Waals surface area (Å²) in [5, 5.41) is 19.5. The molecule has 0 aromatic heterocycles. The third-order valence-corrected chi connectivity index (χ3v) is 4.18. The lowest BCUT2D eigenvalue weighted by Crippen LogP contribution is -2.13. The van der Waals surface area contributed by atoms with E-state index in [1.807, 2.05) is 0 Å². The maximum Gasteiger partial charge on any atom is 0.0648 e. The van der Waals surface area contributed by atoms with Crippen molar-refractivity contribution in [2.45, 2.75) is 39.7 Å². The zero-order valence-corrected chi connectivity index (χ0v) is 10.4. The molecule has 0 saturated heterocycles. The van der Waals surface area contributed by atoms with Crippen molar-refractivity contribution in [3.8, 4) is 0 Å². The summed E-state index contributed by atoms with van der Waals surface area (Å²) in [5.41, 5.74) is 2.54. The first kappa shape index (κ1) is 11.9. The van der Waals surface area contributed by atoms with Crippen molar-refractivity contribution in [3.63, 3.8) is 0 Å². The number of aliphatic hydroxyl groups is 2. The normalized spacial score (nSPS) is 37.4. The van der Waals surface area contributed by atoms with Gasteiger partial charge >= 0.3 is 0 Å². The molecule has 0 unspecified atom stereocenters. The van der Waals surface area contributed by atoms with Gasteiger partial charge in [-0.15, -0.1) is 0 Å². The van der Waals surface area contributed by atoms with E-state index in [0.29, 0.717) is 5.92 Å². The van der Waals surface area contributed by atoms with Crippen LogP contribution in [0.1, 0.15) is 33.6 Å². The van der Waals surface area contributed by atoms with Crippen molar-refractivity contribution in [1.82, 2.24) is 0 Å². The lowest BCUT2D eigenvalue weighted by molar-refractivity contribution is 0.145. The van der Waals surface area contributed by atoms with Crippen molar-refractivity contribution in [2.24, 2.45) is 17.3 Å². The molecule has 0 bridgehead atoms. The largest absolute Gasteiger partial charge is 0.392 e. The van der Waals surface area contributed by atoms with Crippen LogP contribution in [0.5, 0.6) is 0 Å². The third-order valence-electron chi connectivity index (χ3n) is 4.18. The van der Waals surface area contributed by atoms with Crippen LogP contribution < -0.4 is 0 Å². The van der Waals surface area contributed by atoms with E-state index in [-0.39, 0.29) is 24.0 Å². The van der Waals surface area contributed by atoms with E-state index in [2.05, 4.69) is 32.9 Å². The first-order valence-electron chi connectivity index (χ1n) is 6.15. The third kappa shape index (κ3) is 1.85. The molecule has 2 N–H and O–H groups in total. The standard InChI is InChI=1S/C14H22O2/c1-9-4-5-12-11(6-10(9)8-15)13(16)7-14(12,2)3/h5-6,9,11,13,15-16H,4,7-8H2,1-3H3/t9-,11+,13-/m1/s1. The lowest BCUT2D eigenvalue weighted by Gasteiger charge is -2.20. The average Bonchev–Trinajstić information content (AvgIpc) is 2.36. The van der Waals surface area contributed by atoms with Crippen molar-refractivity contribution in [3.05, 3.63) is 23.3 Å². The van der Waals surface area contributed by atoms with Gasteiger partial charge < -0.3 is 10.2 Å². The fourth-order valence-electron chi connectivity index (χ4n) is 3.10. The molecule has 0 aromatic rings. The highest BCUT2D eigenvalue weighted by molar-refractivity contribution is 5.32. The predicted molar refractivity (Wildman–Crippen MR) is 64.9 cm³/mol. The topological polar surface area (TPSA) is 40.5 Å². The van der Waals surface area contributed by atoms with Crippen LogP contribution in [0.25, 0.3) is 0 Å². The molecule has 0 heterocycles. The highest BCUT2D eigenvalue weighted by Crippen LogP contribution is 2.48. The first-order valence-corrected chi connectivity index (χ1v) is 6.15. The molecule has 0 aromatic carbocycles. The van der Waals surface area contributed by atoms with Gasteiger partial charge in [0.05, 0.1) is 12.7 Å². The smallest absolute Gasteiger partial charge is 0.0648 e. The highest BCUT2D eigenvalue weighted by atomic mass is 16.3. The average molecular weight is 222 g/mol. The van der Waals surface area contributed by atoms with Crippen LogP contribution >= 0.6 is 0 Å². The monoisotopic (exact) mass is 222 g/mol. The van der Waals surface area contributed by atoms with Crippen LogP contribution in [0.2, 0.25) is 0 Å². The Balaban J connectivity index is 2.39. The van der Waals surface area contributed by atoms with Gasteiger partial charge in [0.1, 0.15) is 0 Å². The summed E-state index contributed by atoms with van der Waals surface area (Å²) in [6, 6.07) is 0. The van der Waals surface area contributed by atoms with Crippen molar-refractivity contribution < 1.29 is 10.2 Å². The zero-order valence-electron chi connectivity index (χ0n) is 10.4. The van der Waals surface area contributed by atoms with Crippen molar-refractivity contribution >= 4 is 0 Å². The van der Waals surface area contributed by atoms with E-state index < -0.39 is 0 Å². The summed E-state index contributed by atoms with van der Waals surface area (Å²) in [6.07, 6.45) is 5.91. The molecule has 90 valence electrons. The molecule has 0 spiro atoms. The Morgan fingerprint density at radius 3 is 2.75 bits per heavy atom. The van der Waals surface area contributed by atoms with Crippen LogP contribution in [-0.4, -0.2) is 22.9 Å². The number of allylic oxidation sites excluding steroid dienone is 1. The Hall–Kier alpha value is -0.600. The maximum atomic E-state index is 10.1. The summed E-state index contributed by atoms with van der Waals surface area (Å²) in [7, 11) is 0. The molecule has 3 atom stereocenters. The minimum Gasteiger partial charge on any atom is -0.392 e. The summed E-state index contributed by atoms with van der Waals surface area (Å²) < 4.78 is 0. The van der Waals surface area contributed by atoms with E-state index in [4.69, 9.17) is 0 Å². The molecular formula is C14H22O2. The number of aliphatic hydroxyl groups excluding tert-OH is 2. The Kier molecular flexibility index (Phi) is 2.97. The van der Waals surface area contributed by atoms with E-state index in [1.165, 1.54) is 5.57 Å². The molecule has 0 amide bonds. The Morgan fingerprint density at radius 2 is 2.12 bits per heavy atom. The Bertz CT molecular complexity index is 339. The Morgan fingerprint density at radius 1 is 1.44 bits per heavy atom. The van der Waals surface area contributed by atoms with Gasteiger partial charge in [-0.25, -0.2) is 0 Å². The van der Waals surface area contributed by atoms with Crippen molar-refractivity contribution in [1.29, 1.82) is 0 Å². The summed E-state index contributed by atoms with van der Waals surface area (Å²) >= 11 is 0. The van der Waals surface area contributed by atoms with Crippen LogP contribution in [0.15, 0.2) is 23.3 Å². The Labute approximate surface area is 97.7 Å². The second-order valence-corrected chi connectivity index (χ2v) is 5.88. The van der Waals surface area contributed by atoms with Gasteiger partial charge in [0.2, 0.25) is 0 Å². The van der Waals surface area contributed by atoms with Crippen LogP contribution in [-0.2, 0) is 0 Å². The van der Waals surface area contributed by atoms with Gasteiger partial charge in [0, 0.05) is 5.92 Å². The van der Waals surface area contributed by atoms with E-state index in [9.17, 15) is 10.2 Å². The number of hydrogen-bond acceptors (Lipinski definition) is 2. The highest BCUT2D eigenvalue weighted by Gasteiger charge is 2.42. The summed E-state index contributed by atoms with van der Waals surface area (Å²) in [4.78, 5) is 0. The minimum absolute atomic E-state index is 0.102. The fraction of sp³-hybridized carbons (Fsp3) is 0.714. The van der Waals surface area contributed by atoms with Gasteiger partial charge in [-0.1, -0.05) is 38.5 Å². The van der Waals surface area contributed by atoms with E-state index in [0.717, 1.165) is 18.4 Å². The lowest BCUT2D eigenvalue weighted by atomic mass is 9.84. The van der Waals surface area contributed by atoms with Gasteiger partial charge in [-0.3, -0.25) is 0 Å². The molecular weight excluding hydrogens is 200 g/mol. The maximum absolute atomic E-state index is 10.1. The zero-order chi connectivity index (χ0) is 11.9. The second kappa shape index (κ2) is 4.01. The second-order valence-electron chi connectivity index (χ2n) is 5.88. The van der Waals surface area contributed by atoms with Gasteiger partial charge in [-0.2, -0.15) is 0 Å². The summed E-state index contributed by atoms with van der Waals surface area (Å²) in [5.74, 6) is 0.521. The molecule has 2 rings (SSSR count). The number of rotatable bonds is 1. The number of hydrogen-bond donors (Lipinski definition) is 2. The molecule has 2 aliphatic rings. The van der Waals surface area contributed by atoms with Crippen molar-refractivity contribution in [2.75, 3.05) is 6.61 Å². The summed E-state index contributed by atoms with van der Waals surface area (Å²) in [6.45, 7) is 6.65. The molecule has 2 aliphatic carbocycles. The molecule has 0 radical (unpaired) electrons. The number of fused-ring (bicyclic) bond motifs is 1. The predicted octanol–water partition coefficient (Wildman–Crippen LogP) is 2.28. The first-order chi connectivity index (χ1) is 7.45. The van der Waals surface area contributed by atoms with Crippen LogP contribution in [0.3, 0.4) is 0 Å². The van der Waals surface area contributed by atoms with E-state index >= 15 is 0 Å². The molecule has 1 fully saturated rings. The van der Waals surface area contributed by atoms with Crippen LogP contribution in [0, 0.1) is 17.3 Å².